The lowest BCUT2D eigenvalue weighted by Gasteiger charge is -2.27. The molecule has 0 atom stereocenters. The Labute approximate surface area is 192 Å². The number of nitrogens with zero attached hydrogens (tertiary/aromatic N) is 2. The highest BCUT2D eigenvalue weighted by Gasteiger charge is 2.29. The summed E-state index contributed by atoms with van der Waals surface area (Å²) in [5.74, 6) is -0.577. The van der Waals surface area contributed by atoms with Gasteiger partial charge in [0.15, 0.2) is 0 Å². The molecule has 0 aliphatic carbocycles. The first kappa shape index (κ1) is 23.1. The van der Waals surface area contributed by atoms with E-state index < -0.39 is 21.7 Å². The van der Waals surface area contributed by atoms with Crippen molar-refractivity contribution in [1.82, 2.24) is 9.29 Å². The number of nitrogens with one attached hydrogen (secondary N) is 1. The van der Waals surface area contributed by atoms with Crippen molar-refractivity contribution >= 4 is 32.5 Å². The van der Waals surface area contributed by atoms with Gasteiger partial charge >= 0.3 is 0 Å². The number of carbonyl (C=O) groups excluding carboxylic acids is 1. The van der Waals surface area contributed by atoms with Gasteiger partial charge in [-0.15, -0.1) is 0 Å². The summed E-state index contributed by atoms with van der Waals surface area (Å²) in [6, 6.07) is 10.4. The lowest BCUT2D eigenvalue weighted by molar-refractivity contribution is 0.102. The summed E-state index contributed by atoms with van der Waals surface area (Å²) >= 11 is 0. The molecule has 0 saturated carbocycles. The van der Waals surface area contributed by atoms with Gasteiger partial charge in [0.2, 0.25) is 10.0 Å². The van der Waals surface area contributed by atoms with Gasteiger partial charge in [-0.3, -0.25) is 9.78 Å². The Balaban J connectivity index is 1.66. The Morgan fingerprint density at radius 2 is 1.88 bits per heavy atom. The smallest absolute Gasteiger partial charge is 0.257 e. The molecule has 2 heterocycles. The van der Waals surface area contributed by atoms with E-state index in [9.17, 15) is 17.6 Å². The maximum Gasteiger partial charge on any atom is 0.257 e. The number of hydrogen-bond donors (Lipinski definition) is 1. The molecule has 9 heteroatoms. The normalized spacial score (nSPS) is 14.9. The minimum Gasteiger partial charge on any atom is -0.492 e. The molecule has 0 bridgehead atoms. The molecular formula is C24H26FN3O4S. The minimum absolute atomic E-state index is 0.0351. The number of halogens is 1. The molecule has 1 saturated heterocycles. The number of sulfonamides is 1. The lowest BCUT2D eigenvalue weighted by atomic mass is 10.1. The molecule has 3 aromatic rings. The number of aryl methyl sites for hydroxylation is 1. The van der Waals surface area contributed by atoms with E-state index in [0.717, 1.165) is 19.3 Å². The van der Waals surface area contributed by atoms with Crippen LogP contribution in [0.1, 0.15) is 42.2 Å². The molecular weight excluding hydrogens is 445 g/mol. The zero-order valence-electron chi connectivity index (χ0n) is 18.6. The van der Waals surface area contributed by atoms with Gasteiger partial charge < -0.3 is 10.1 Å². The zero-order chi connectivity index (χ0) is 23.6. The number of pyridine rings is 1. The number of fused-ring (bicyclic) bond motifs is 1. The summed E-state index contributed by atoms with van der Waals surface area (Å²) in [7, 11) is -3.77. The van der Waals surface area contributed by atoms with E-state index in [2.05, 4.69) is 10.3 Å². The minimum atomic E-state index is -3.77. The number of carbonyl (C=O) groups is 1. The van der Waals surface area contributed by atoms with Gasteiger partial charge in [0.25, 0.3) is 5.91 Å². The van der Waals surface area contributed by atoms with Crippen molar-refractivity contribution in [2.45, 2.75) is 38.0 Å². The average molecular weight is 472 g/mol. The molecule has 1 aliphatic rings. The van der Waals surface area contributed by atoms with Crippen molar-refractivity contribution in [2.24, 2.45) is 0 Å². The number of anilines is 1. The molecule has 174 valence electrons. The average Bonchev–Trinajstić information content (AvgIpc) is 2.80. The summed E-state index contributed by atoms with van der Waals surface area (Å²) in [5.41, 5.74) is 1.55. The van der Waals surface area contributed by atoms with E-state index in [1.54, 1.807) is 38.1 Å². The summed E-state index contributed by atoms with van der Waals surface area (Å²) in [4.78, 5) is 17.4. The fraction of sp³-hybridized carbons (Fsp3) is 0.333. The molecule has 2 aromatic carbocycles. The summed E-state index contributed by atoms with van der Waals surface area (Å²) in [6.07, 6.45) is 2.64. The number of rotatable bonds is 6. The van der Waals surface area contributed by atoms with Crippen LogP contribution in [-0.2, 0) is 10.0 Å². The number of hydrogen-bond acceptors (Lipinski definition) is 5. The first-order valence-electron chi connectivity index (χ1n) is 10.9. The number of ether oxygens (including phenoxy) is 1. The van der Waals surface area contributed by atoms with Gasteiger partial charge in [0.05, 0.1) is 23.4 Å². The molecule has 0 unspecified atom stereocenters. The number of benzene rings is 2. The van der Waals surface area contributed by atoms with Crippen molar-refractivity contribution in [3.63, 3.8) is 0 Å². The van der Waals surface area contributed by atoms with E-state index in [1.807, 2.05) is 0 Å². The van der Waals surface area contributed by atoms with Crippen LogP contribution in [0.3, 0.4) is 0 Å². The molecule has 1 N–H and O–H groups in total. The molecule has 1 aliphatic heterocycles. The maximum absolute atomic E-state index is 13.5. The second kappa shape index (κ2) is 9.44. The molecule has 7 nitrogen and oxygen atoms in total. The third kappa shape index (κ3) is 4.84. The van der Waals surface area contributed by atoms with Crippen LogP contribution >= 0.6 is 0 Å². The second-order valence-corrected chi connectivity index (χ2v) is 9.88. The Morgan fingerprint density at radius 3 is 2.61 bits per heavy atom. The third-order valence-corrected chi connectivity index (χ3v) is 7.57. The molecule has 4 rings (SSSR count). The molecule has 1 fully saturated rings. The SMILES string of the molecule is CCOc1ccc(NC(=O)c2cc3ccc(F)cc3nc2C)cc1S(=O)(=O)N1CCCCC1. The first-order chi connectivity index (χ1) is 15.8. The Bertz CT molecular complexity index is 1300. The number of piperidine rings is 1. The number of amides is 1. The van der Waals surface area contributed by atoms with Crippen molar-refractivity contribution in [3.05, 3.63) is 59.5 Å². The standard InChI is InChI=1S/C24H26FN3O4S/c1-3-32-22-10-9-19(15-23(22)33(30,31)28-11-5-4-6-12-28)27-24(29)20-13-17-7-8-18(25)14-21(17)26-16(20)2/h7-10,13-15H,3-6,11-12H2,1-2H3,(H,27,29). The monoisotopic (exact) mass is 471 g/mol. The van der Waals surface area contributed by atoms with Crippen LogP contribution in [0.5, 0.6) is 5.75 Å². The van der Waals surface area contributed by atoms with Crippen LogP contribution in [0.4, 0.5) is 10.1 Å². The lowest BCUT2D eigenvalue weighted by Crippen LogP contribution is -2.35. The first-order valence-corrected chi connectivity index (χ1v) is 12.4. The van der Waals surface area contributed by atoms with Crippen LogP contribution in [0.15, 0.2) is 47.4 Å². The van der Waals surface area contributed by atoms with Gasteiger partial charge in [0.1, 0.15) is 16.5 Å². The highest BCUT2D eigenvalue weighted by Crippen LogP contribution is 2.32. The maximum atomic E-state index is 13.5. The van der Waals surface area contributed by atoms with E-state index >= 15 is 0 Å². The van der Waals surface area contributed by atoms with E-state index in [1.165, 1.54) is 22.5 Å². The van der Waals surface area contributed by atoms with Crippen molar-refractivity contribution in [1.29, 1.82) is 0 Å². The zero-order valence-corrected chi connectivity index (χ0v) is 19.4. The summed E-state index contributed by atoms with van der Waals surface area (Å²) < 4.78 is 47.2. The van der Waals surface area contributed by atoms with Gasteiger partial charge in [-0.25, -0.2) is 12.8 Å². The van der Waals surface area contributed by atoms with E-state index in [4.69, 9.17) is 4.74 Å². The predicted molar refractivity (Wildman–Crippen MR) is 125 cm³/mol. The van der Waals surface area contributed by atoms with Crippen LogP contribution in [-0.4, -0.2) is 43.3 Å². The fourth-order valence-electron chi connectivity index (χ4n) is 3.97. The highest BCUT2D eigenvalue weighted by molar-refractivity contribution is 7.89. The third-order valence-electron chi connectivity index (χ3n) is 5.65. The van der Waals surface area contributed by atoms with E-state index in [0.29, 0.717) is 47.5 Å². The van der Waals surface area contributed by atoms with E-state index in [-0.39, 0.29) is 10.6 Å². The molecule has 33 heavy (non-hydrogen) atoms. The van der Waals surface area contributed by atoms with Gasteiger partial charge in [0, 0.05) is 30.2 Å². The fourth-order valence-corrected chi connectivity index (χ4v) is 5.65. The molecule has 0 radical (unpaired) electrons. The second-order valence-electron chi connectivity index (χ2n) is 7.97. The van der Waals surface area contributed by atoms with Gasteiger partial charge in [-0.05, 0) is 63.1 Å². The van der Waals surface area contributed by atoms with Gasteiger partial charge in [-0.1, -0.05) is 6.42 Å². The number of aromatic nitrogens is 1. The molecule has 1 aromatic heterocycles. The largest absolute Gasteiger partial charge is 0.492 e. The van der Waals surface area contributed by atoms with Crippen LogP contribution in [0, 0.1) is 12.7 Å². The van der Waals surface area contributed by atoms with Gasteiger partial charge in [-0.2, -0.15) is 4.31 Å². The predicted octanol–water partition coefficient (Wildman–Crippen LogP) is 4.51. The Hall–Kier alpha value is -3.04. The quantitative estimate of drug-likeness (QED) is 0.572. The summed E-state index contributed by atoms with van der Waals surface area (Å²) in [5, 5.41) is 3.40. The highest BCUT2D eigenvalue weighted by atomic mass is 32.2. The van der Waals surface area contributed by atoms with Crippen molar-refractivity contribution in [3.8, 4) is 5.75 Å². The topological polar surface area (TPSA) is 88.6 Å². The van der Waals surface area contributed by atoms with Crippen molar-refractivity contribution < 1.29 is 22.3 Å². The molecule has 0 spiro atoms. The Kier molecular flexibility index (Phi) is 6.62. The molecule has 1 amide bonds. The Morgan fingerprint density at radius 1 is 1.12 bits per heavy atom. The van der Waals surface area contributed by atoms with Crippen molar-refractivity contribution in [2.75, 3.05) is 25.0 Å². The van der Waals surface area contributed by atoms with Crippen LogP contribution in [0.2, 0.25) is 0 Å². The summed E-state index contributed by atoms with van der Waals surface area (Å²) in [6.45, 7) is 4.70. The van der Waals surface area contributed by atoms with Crippen LogP contribution < -0.4 is 10.1 Å². The van der Waals surface area contributed by atoms with Crippen LogP contribution in [0.25, 0.3) is 10.9 Å².